The highest BCUT2D eigenvalue weighted by Crippen LogP contribution is 2.39. The van der Waals surface area contributed by atoms with Crippen LogP contribution in [0.2, 0.25) is 5.02 Å². The van der Waals surface area contributed by atoms with Gasteiger partial charge in [0.1, 0.15) is 11.5 Å². The van der Waals surface area contributed by atoms with Crippen molar-refractivity contribution >= 4 is 52.0 Å². The Bertz CT molecular complexity index is 1050. The molecule has 29 heavy (non-hydrogen) atoms. The molecular weight excluding hydrogens is 434 g/mol. The molecule has 1 aliphatic rings. The van der Waals surface area contributed by atoms with Crippen LogP contribution >= 0.6 is 34.7 Å². The van der Waals surface area contributed by atoms with Crippen molar-refractivity contribution < 1.29 is 9.72 Å². The van der Waals surface area contributed by atoms with Gasteiger partial charge in [0.2, 0.25) is 5.91 Å². The molecule has 0 radical (unpaired) electrons. The fraction of sp³-hybridized carbons (Fsp3) is 0.278. The molecule has 11 heteroatoms. The molecule has 8 nitrogen and oxygen atoms in total. The molecular formula is C18H16ClN5O3S2. The fourth-order valence-corrected chi connectivity index (χ4v) is 4.57. The monoisotopic (exact) mass is 449 g/mol. The number of nitro benzene ring substituents is 1. The third-order valence-corrected chi connectivity index (χ3v) is 6.38. The summed E-state index contributed by atoms with van der Waals surface area (Å²) in [5, 5.41) is 25.3. The molecule has 0 bridgehead atoms. The first kappa shape index (κ1) is 19.9. The number of nitrogens with one attached hydrogen (secondary N) is 1. The lowest BCUT2D eigenvalue weighted by Gasteiger charge is -2.09. The van der Waals surface area contributed by atoms with Crippen LogP contribution in [0.25, 0.3) is 0 Å². The van der Waals surface area contributed by atoms with Crippen molar-refractivity contribution in [3.05, 3.63) is 61.6 Å². The van der Waals surface area contributed by atoms with Gasteiger partial charge in [-0.1, -0.05) is 29.4 Å². The van der Waals surface area contributed by atoms with E-state index in [2.05, 4.69) is 26.1 Å². The molecule has 4 rings (SSSR count). The average Bonchev–Trinajstić information content (AvgIpc) is 3.24. The fourth-order valence-electron chi connectivity index (χ4n) is 2.87. The van der Waals surface area contributed by atoms with Crippen LogP contribution < -0.4 is 5.32 Å². The molecule has 0 spiro atoms. The van der Waals surface area contributed by atoms with Crippen molar-refractivity contribution in [3.63, 3.8) is 0 Å². The Morgan fingerprint density at radius 3 is 2.90 bits per heavy atom. The first-order valence-corrected chi connectivity index (χ1v) is 11.1. The zero-order chi connectivity index (χ0) is 20.4. The summed E-state index contributed by atoms with van der Waals surface area (Å²) in [5.41, 5.74) is -0.123. The second kappa shape index (κ2) is 8.52. The number of halogens is 1. The molecule has 1 saturated carbocycles. The molecule has 1 N–H and O–H groups in total. The standard InChI is InChI=1S/C18H16ClN5O3S2/c19-11-3-6-14(15(8-11)24(26)27)20-17(25)10-29-18-22-21-16(23(18)12-4-5-12)9-13-2-1-7-28-13/h1-3,6-8,12H,4-5,9-10H2,(H,20,25). The number of rotatable bonds is 8. The predicted octanol–water partition coefficient (Wildman–Crippen LogP) is 4.56. The Morgan fingerprint density at radius 1 is 1.38 bits per heavy atom. The molecule has 2 heterocycles. The van der Waals surface area contributed by atoms with E-state index in [9.17, 15) is 14.9 Å². The van der Waals surface area contributed by atoms with Gasteiger partial charge in [0.05, 0.1) is 10.7 Å². The van der Waals surface area contributed by atoms with E-state index in [0.29, 0.717) is 17.6 Å². The molecule has 0 aliphatic heterocycles. The van der Waals surface area contributed by atoms with Gasteiger partial charge < -0.3 is 9.88 Å². The smallest absolute Gasteiger partial charge is 0.294 e. The number of thiophene rings is 1. The van der Waals surface area contributed by atoms with Crippen molar-refractivity contribution in [2.75, 3.05) is 11.1 Å². The van der Waals surface area contributed by atoms with Gasteiger partial charge in [-0.05, 0) is 36.4 Å². The number of aromatic nitrogens is 3. The maximum Gasteiger partial charge on any atom is 0.294 e. The van der Waals surface area contributed by atoms with Gasteiger partial charge in [0.15, 0.2) is 5.16 Å². The molecule has 0 saturated heterocycles. The number of carbonyl (C=O) groups is 1. The van der Waals surface area contributed by atoms with Gasteiger partial charge in [-0.3, -0.25) is 14.9 Å². The third kappa shape index (κ3) is 4.77. The van der Waals surface area contributed by atoms with Crippen LogP contribution in [0.15, 0.2) is 40.9 Å². The molecule has 150 valence electrons. The van der Waals surface area contributed by atoms with E-state index in [0.717, 1.165) is 18.7 Å². The SMILES string of the molecule is O=C(CSc1nnc(Cc2cccs2)n1C1CC1)Nc1ccc(Cl)cc1[N+](=O)[O-]. The minimum absolute atomic E-state index is 0.0731. The normalized spacial score (nSPS) is 13.4. The molecule has 1 aliphatic carbocycles. The summed E-state index contributed by atoms with van der Waals surface area (Å²) in [6.07, 6.45) is 2.86. The lowest BCUT2D eigenvalue weighted by molar-refractivity contribution is -0.383. The summed E-state index contributed by atoms with van der Waals surface area (Å²) in [6, 6.07) is 8.59. The van der Waals surface area contributed by atoms with Crippen LogP contribution in [-0.4, -0.2) is 31.3 Å². The maximum absolute atomic E-state index is 12.4. The third-order valence-electron chi connectivity index (χ3n) is 4.32. The Hall–Kier alpha value is -2.43. The second-order valence-electron chi connectivity index (χ2n) is 6.51. The highest BCUT2D eigenvalue weighted by molar-refractivity contribution is 7.99. The van der Waals surface area contributed by atoms with Gasteiger partial charge in [-0.2, -0.15) is 0 Å². The quantitative estimate of drug-likeness (QED) is 0.307. The van der Waals surface area contributed by atoms with Crippen LogP contribution in [0.5, 0.6) is 0 Å². The van der Waals surface area contributed by atoms with Crippen LogP contribution in [0, 0.1) is 10.1 Å². The Morgan fingerprint density at radius 2 is 2.21 bits per heavy atom. The van der Waals surface area contributed by atoms with Gasteiger partial charge in [0.25, 0.3) is 5.69 Å². The second-order valence-corrected chi connectivity index (χ2v) is 8.92. The minimum atomic E-state index is -0.574. The number of anilines is 1. The van der Waals surface area contributed by atoms with E-state index < -0.39 is 4.92 Å². The number of amides is 1. The molecule has 1 fully saturated rings. The molecule has 0 unspecified atom stereocenters. The zero-order valence-electron chi connectivity index (χ0n) is 15.1. The number of carbonyl (C=O) groups excluding carboxylic acids is 1. The first-order valence-electron chi connectivity index (χ1n) is 8.84. The number of hydrogen-bond acceptors (Lipinski definition) is 7. The van der Waals surface area contributed by atoms with Gasteiger partial charge >= 0.3 is 0 Å². The van der Waals surface area contributed by atoms with Gasteiger partial charge in [-0.25, -0.2) is 0 Å². The van der Waals surface area contributed by atoms with E-state index in [1.807, 2.05) is 11.4 Å². The van der Waals surface area contributed by atoms with E-state index in [-0.39, 0.29) is 28.1 Å². The lowest BCUT2D eigenvalue weighted by Crippen LogP contribution is -2.15. The first-order chi connectivity index (χ1) is 14.0. The molecule has 1 amide bonds. The van der Waals surface area contributed by atoms with Crippen LogP contribution in [0.3, 0.4) is 0 Å². The number of hydrogen-bond donors (Lipinski definition) is 1. The van der Waals surface area contributed by atoms with Crippen molar-refractivity contribution in [3.8, 4) is 0 Å². The summed E-state index contributed by atoms with van der Waals surface area (Å²) in [7, 11) is 0. The Balaban J connectivity index is 1.44. The molecule has 0 atom stereocenters. The minimum Gasteiger partial charge on any atom is -0.320 e. The average molecular weight is 450 g/mol. The number of benzene rings is 1. The highest BCUT2D eigenvalue weighted by atomic mass is 35.5. The number of nitro groups is 1. The van der Waals surface area contributed by atoms with Gasteiger partial charge in [-0.15, -0.1) is 21.5 Å². The molecule has 3 aromatic rings. The summed E-state index contributed by atoms with van der Waals surface area (Å²) >= 11 is 8.76. The van der Waals surface area contributed by atoms with E-state index in [4.69, 9.17) is 11.6 Å². The maximum atomic E-state index is 12.4. The number of nitrogens with zero attached hydrogens (tertiary/aromatic N) is 4. The topological polar surface area (TPSA) is 103 Å². The van der Waals surface area contributed by atoms with E-state index >= 15 is 0 Å². The summed E-state index contributed by atoms with van der Waals surface area (Å²) in [4.78, 5) is 24.2. The highest BCUT2D eigenvalue weighted by Gasteiger charge is 2.30. The van der Waals surface area contributed by atoms with Crippen LogP contribution in [0.1, 0.15) is 29.6 Å². The Labute approximate surface area is 179 Å². The molecule has 1 aromatic carbocycles. The van der Waals surface area contributed by atoms with E-state index in [1.165, 1.54) is 34.8 Å². The number of thioether (sulfide) groups is 1. The van der Waals surface area contributed by atoms with Gasteiger partial charge in [0, 0.05) is 28.4 Å². The molecule has 2 aromatic heterocycles. The zero-order valence-corrected chi connectivity index (χ0v) is 17.5. The van der Waals surface area contributed by atoms with Crippen molar-refractivity contribution in [2.45, 2.75) is 30.5 Å². The van der Waals surface area contributed by atoms with Crippen molar-refractivity contribution in [2.24, 2.45) is 0 Å². The summed E-state index contributed by atoms with van der Waals surface area (Å²) in [5.74, 6) is 0.612. The lowest BCUT2D eigenvalue weighted by atomic mass is 10.2. The van der Waals surface area contributed by atoms with Crippen LogP contribution in [-0.2, 0) is 11.2 Å². The van der Waals surface area contributed by atoms with Crippen molar-refractivity contribution in [1.82, 2.24) is 14.8 Å². The Kier molecular flexibility index (Phi) is 5.84. The van der Waals surface area contributed by atoms with Crippen LogP contribution in [0.4, 0.5) is 11.4 Å². The summed E-state index contributed by atoms with van der Waals surface area (Å²) < 4.78 is 2.11. The van der Waals surface area contributed by atoms with Crippen molar-refractivity contribution in [1.29, 1.82) is 0 Å². The largest absolute Gasteiger partial charge is 0.320 e. The summed E-state index contributed by atoms with van der Waals surface area (Å²) in [6.45, 7) is 0. The van der Waals surface area contributed by atoms with E-state index in [1.54, 1.807) is 11.3 Å². The predicted molar refractivity (Wildman–Crippen MR) is 113 cm³/mol.